The lowest BCUT2D eigenvalue weighted by Crippen LogP contribution is -2.29. The number of carbonyl (C=O) groups is 1. The molecule has 0 aromatic heterocycles. The summed E-state index contributed by atoms with van der Waals surface area (Å²) in [6.07, 6.45) is -4.39. The van der Waals surface area contributed by atoms with Crippen molar-refractivity contribution in [1.82, 2.24) is 0 Å². The fourth-order valence-corrected chi connectivity index (χ4v) is 1.81. The molecule has 0 aliphatic heterocycles. The van der Waals surface area contributed by atoms with Gasteiger partial charge in [-0.2, -0.15) is 13.2 Å². The second kappa shape index (κ2) is 4.52. The van der Waals surface area contributed by atoms with E-state index >= 15 is 0 Å². The van der Waals surface area contributed by atoms with E-state index in [4.69, 9.17) is 4.43 Å². The Morgan fingerprint density at radius 3 is 1.94 bits per heavy atom. The van der Waals surface area contributed by atoms with Crippen LogP contribution >= 0.6 is 0 Å². The van der Waals surface area contributed by atoms with E-state index in [9.17, 15) is 18.0 Å². The van der Waals surface area contributed by atoms with Crippen LogP contribution in [0.1, 0.15) is 15.9 Å². The minimum absolute atomic E-state index is 0.139. The lowest BCUT2D eigenvalue weighted by atomic mass is 10.1. The number of hydrogen-bond donors (Lipinski definition) is 0. The molecular weight excluding hydrogens is 249 g/mol. The van der Waals surface area contributed by atoms with Gasteiger partial charge in [0.2, 0.25) is 8.32 Å². The molecule has 0 bridgehead atoms. The quantitative estimate of drug-likeness (QED) is 0.760. The Kier molecular flexibility index (Phi) is 3.66. The van der Waals surface area contributed by atoms with Gasteiger partial charge in [0.25, 0.3) is 0 Å². The minimum Gasteiger partial charge on any atom is -0.516 e. The van der Waals surface area contributed by atoms with Crippen LogP contribution in [0.3, 0.4) is 0 Å². The molecule has 94 valence electrons. The predicted molar refractivity (Wildman–Crippen MR) is 60.2 cm³/mol. The summed E-state index contributed by atoms with van der Waals surface area (Å²) in [6, 6.07) is 4.01. The molecule has 0 heterocycles. The lowest BCUT2D eigenvalue weighted by molar-refractivity contribution is -0.137. The van der Waals surface area contributed by atoms with E-state index in [1.54, 1.807) is 0 Å². The molecule has 0 aliphatic carbocycles. The Hall–Kier alpha value is -1.30. The molecule has 0 aliphatic rings. The van der Waals surface area contributed by atoms with Gasteiger partial charge in [-0.15, -0.1) is 0 Å². The Balaban J connectivity index is 2.85. The zero-order chi connectivity index (χ0) is 13.3. The Morgan fingerprint density at radius 1 is 1.12 bits per heavy atom. The second-order valence-electron chi connectivity index (χ2n) is 4.58. The first-order valence-corrected chi connectivity index (χ1v) is 8.41. The molecule has 0 spiro atoms. The number of rotatable bonds is 2. The van der Waals surface area contributed by atoms with E-state index in [1.807, 2.05) is 19.6 Å². The zero-order valence-corrected chi connectivity index (χ0v) is 10.8. The van der Waals surface area contributed by atoms with Crippen LogP contribution in [-0.4, -0.2) is 14.3 Å². The van der Waals surface area contributed by atoms with Crippen LogP contribution in [0.15, 0.2) is 24.3 Å². The molecule has 6 heteroatoms. The van der Waals surface area contributed by atoms with E-state index in [2.05, 4.69) is 0 Å². The molecule has 0 saturated heterocycles. The first-order chi connectivity index (χ1) is 7.59. The molecule has 17 heavy (non-hydrogen) atoms. The van der Waals surface area contributed by atoms with Crippen LogP contribution in [0, 0.1) is 0 Å². The Morgan fingerprint density at radius 2 is 1.59 bits per heavy atom. The Bertz CT molecular complexity index is 404. The van der Waals surface area contributed by atoms with Gasteiger partial charge in [0.05, 0.1) is 11.1 Å². The third kappa shape index (κ3) is 4.22. The van der Waals surface area contributed by atoms with Crippen molar-refractivity contribution in [2.24, 2.45) is 0 Å². The van der Waals surface area contributed by atoms with Crippen LogP contribution in [-0.2, 0) is 10.6 Å². The van der Waals surface area contributed by atoms with Crippen LogP contribution in [0.25, 0.3) is 0 Å². The largest absolute Gasteiger partial charge is 0.516 e. The standard InChI is InChI=1S/C11H13F3O2Si/c1-17(2,3)16-10(15)8-4-6-9(7-5-8)11(12,13)14/h4-7H,1-3H3. The fraction of sp³-hybridized carbons (Fsp3) is 0.364. The highest BCUT2D eigenvalue weighted by molar-refractivity contribution is 6.71. The van der Waals surface area contributed by atoms with E-state index in [0.717, 1.165) is 24.3 Å². The highest BCUT2D eigenvalue weighted by Crippen LogP contribution is 2.29. The van der Waals surface area contributed by atoms with Crippen molar-refractivity contribution in [2.75, 3.05) is 0 Å². The minimum atomic E-state index is -4.39. The van der Waals surface area contributed by atoms with Crippen LogP contribution < -0.4 is 0 Å². The van der Waals surface area contributed by atoms with Crippen LogP contribution in [0.4, 0.5) is 13.2 Å². The van der Waals surface area contributed by atoms with Crippen molar-refractivity contribution >= 4 is 14.3 Å². The first-order valence-electron chi connectivity index (χ1n) is 5.00. The number of benzene rings is 1. The molecule has 2 nitrogen and oxygen atoms in total. The van der Waals surface area contributed by atoms with Gasteiger partial charge < -0.3 is 4.43 Å². The van der Waals surface area contributed by atoms with Gasteiger partial charge in [0.15, 0.2) is 0 Å². The summed E-state index contributed by atoms with van der Waals surface area (Å²) in [5, 5.41) is 0. The van der Waals surface area contributed by atoms with E-state index < -0.39 is 26.0 Å². The van der Waals surface area contributed by atoms with Crippen molar-refractivity contribution in [3.8, 4) is 0 Å². The third-order valence-corrected chi connectivity index (χ3v) is 2.64. The summed E-state index contributed by atoms with van der Waals surface area (Å²) in [5.74, 6) is -0.571. The maximum Gasteiger partial charge on any atom is 0.416 e. The first kappa shape index (κ1) is 13.8. The molecule has 0 unspecified atom stereocenters. The van der Waals surface area contributed by atoms with Gasteiger partial charge in [-0.25, -0.2) is 4.79 Å². The van der Waals surface area contributed by atoms with Crippen LogP contribution in [0.2, 0.25) is 19.6 Å². The average molecular weight is 262 g/mol. The summed E-state index contributed by atoms with van der Waals surface area (Å²) < 4.78 is 42.0. The van der Waals surface area contributed by atoms with Crippen molar-refractivity contribution < 1.29 is 22.4 Å². The molecule has 0 amide bonds. The fourth-order valence-electron chi connectivity index (χ4n) is 1.13. The molecule has 0 radical (unpaired) electrons. The Labute approximate surface area is 98.5 Å². The van der Waals surface area contributed by atoms with Gasteiger partial charge in [-0.05, 0) is 43.9 Å². The average Bonchev–Trinajstić information content (AvgIpc) is 2.14. The van der Waals surface area contributed by atoms with Gasteiger partial charge in [0.1, 0.15) is 0 Å². The smallest absolute Gasteiger partial charge is 0.416 e. The van der Waals surface area contributed by atoms with Crippen LogP contribution in [0.5, 0.6) is 0 Å². The maximum atomic E-state index is 12.3. The molecule has 1 aromatic rings. The number of alkyl halides is 3. The highest BCUT2D eigenvalue weighted by atomic mass is 28.4. The summed E-state index contributed by atoms with van der Waals surface area (Å²) in [4.78, 5) is 11.6. The van der Waals surface area contributed by atoms with Crippen molar-refractivity contribution in [3.05, 3.63) is 35.4 Å². The molecule has 0 N–H and O–H groups in total. The molecule has 1 aromatic carbocycles. The summed E-state index contributed by atoms with van der Waals surface area (Å²) in [7, 11) is -2.03. The van der Waals surface area contributed by atoms with Crippen molar-refractivity contribution in [3.63, 3.8) is 0 Å². The maximum absolute atomic E-state index is 12.3. The highest BCUT2D eigenvalue weighted by Gasteiger charge is 2.30. The topological polar surface area (TPSA) is 26.3 Å². The van der Waals surface area contributed by atoms with Crippen molar-refractivity contribution in [2.45, 2.75) is 25.8 Å². The third-order valence-electron chi connectivity index (χ3n) is 1.85. The number of carbonyl (C=O) groups excluding carboxylic acids is 1. The van der Waals surface area contributed by atoms with Gasteiger partial charge in [0, 0.05) is 0 Å². The predicted octanol–water partition coefficient (Wildman–Crippen LogP) is 3.70. The normalized spacial score (nSPS) is 12.4. The molecular formula is C11H13F3O2Si. The van der Waals surface area contributed by atoms with E-state index in [0.29, 0.717) is 0 Å². The van der Waals surface area contributed by atoms with Gasteiger partial charge in [-0.1, -0.05) is 0 Å². The number of hydrogen-bond acceptors (Lipinski definition) is 2. The summed E-state index contributed by atoms with van der Waals surface area (Å²) in [6.45, 7) is 5.49. The van der Waals surface area contributed by atoms with Gasteiger partial charge in [-0.3, -0.25) is 0 Å². The molecule has 0 fully saturated rings. The second-order valence-corrected chi connectivity index (χ2v) is 9.01. The summed E-state index contributed by atoms with van der Waals surface area (Å²) >= 11 is 0. The summed E-state index contributed by atoms with van der Waals surface area (Å²) in [5.41, 5.74) is -0.637. The van der Waals surface area contributed by atoms with E-state index in [-0.39, 0.29) is 5.56 Å². The van der Waals surface area contributed by atoms with Crippen molar-refractivity contribution in [1.29, 1.82) is 0 Å². The lowest BCUT2D eigenvalue weighted by Gasteiger charge is -2.17. The molecule has 0 saturated carbocycles. The molecule has 0 atom stereocenters. The number of halogens is 3. The monoisotopic (exact) mass is 262 g/mol. The van der Waals surface area contributed by atoms with E-state index in [1.165, 1.54) is 0 Å². The SMILES string of the molecule is C[Si](C)(C)OC(=O)c1ccc(C(F)(F)F)cc1. The zero-order valence-electron chi connectivity index (χ0n) is 9.76. The van der Waals surface area contributed by atoms with Gasteiger partial charge >= 0.3 is 12.1 Å². The molecule has 1 rings (SSSR count).